The predicted molar refractivity (Wildman–Crippen MR) is 75.6 cm³/mol. The van der Waals surface area contributed by atoms with E-state index < -0.39 is 17.9 Å². The van der Waals surface area contributed by atoms with E-state index in [1.165, 1.54) is 32.6 Å². The Bertz CT molecular complexity index is 447. The molecule has 20 heavy (non-hydrogen) atoms. The average molecular weight is 276 g/mol. The summed E-state index contributed by atoms with van der Waals surface area (Å²) < 4.78 is 9.14. The summed E-state index contributed by atoms with van der Waals surface area (Å²) in [5.41, 5.74) is 1.17. The van der Waals surface area contributed by atoms with Crippen molar-refractivity contribution in [1.29, 1.82) is 0 Å². The van der Waals surface area contributed by atoms with Gasteiger partial charge in [0.1, 0.15) is 0 Å². The number of esters is 2. The van der Waals surface area contributed by atoms with Crippen LogP contribution in [0.2, 0.25) is 0 Å². The Morgan fingerprint density at radius 2 is 2.00 bits per heavy atom. The minimum absolute atomic E-state index is 0.229. The van der Waals surface area contributed by atoms with Gasteiger partial charge in [0, 0.05) is 0 Å². The lowest BCUT2D eigenvalue weighted by atomic mass is 10.0. The number of hydrogen-bond donors (Lipinski definition) is 0. The molecule has 0 unspecified atom stereocenters. The number of carbonyl (C=O) groups excluding carboxylic acids is 2. The van der Waals surface area contributed by atoms with Gasteiger partial charge in [-0.1, -0.05) is 24.0 Å². The van der Waals surface area contributed by atoms with Crippen molar-refractivity contribution < 1.29 is 19.1 Å². The predicted octanol–water partition coefficient (Wildman–Crippen LogP) is 2.40. The molecule has 0 N–H and O–H groups in total. The third-order valence-electron chi connectivity index (χ3n) is 3.07. The lowest BCUT2D eigenvalue weighted by Gasteiger charge is -2.09. The number of allylic oxidation sites excluding steroid dienone is 4. The van der Waals surface area contributed by atoms with Gasteiger partial charge in [-0.2, -0.15) is 0 Å². The van der Waals surface area contributed by atoms with Crippen LogP contribution in [0, 0.1) is 17.8 Å². The Balaban J connectivity index is 2.52. The monoisotopic (exact) mass is 276 g/mol. The maximum absolute atomic E-state index is 11.4. The number of ether oxygens (including phenoxy) is 2. The van der Waals surface area contributed by atoms with Gasteiger partial charge in [-0.05, 0) is 43.8 Å². The molecule has 0 aromatic rings. The first-order chi connectivity index (χ1) is 9.69. The minimum atomic E-state index is -0.919. The van der Waals surface area contributed by atoms with E-state index in [0.717, 1.165) is 12.8 Å². The zero-order valence-electron chi connectivity index (χ0n) is 12.0. The lowest BCUT2D eigenvalue weighted by Crippen LogP contribution is -2.25. The van der Waals surface area contributed by atoms with Crippen molar-refractivity contribution in [2.24, 2.45) is 5.92 Å². The highest BCUT2D eigenvalue weighted by atomic mass is 16.5. The summed E-state index contributed by atoms with van der Waals surface area (Å²) in [5.74, 6) is 3.89. The van der Waals surface area contributed by atoms with Crippen LogP contribution in [0.5, 0.6) is 0 Å². The Kier molecular flexibility index (Phi) is 7.20. The summed E-state index contributed by atoms with van der Waals surface area (Å²) in [6.45, 7) is 0. The first-order valence-electron chi connectivity index (χ1n) is 6.70. The fourth-order valence-electron chi connectivity index (χ4n) is 1.92. The first kappa shape index (κ1) is 16.0. The van der Waals surface area contributed by atoms with E-state index in [4.69, 9.17) is 0 Å². The maximum atomic E-state index is 11.4. The molecule has 0 fully saturated rings. The number of carbonyl (C=O) groups is 2. The Labute approximate surface area is 119 Å². The van der Waals surface area contributed by atoms with Gasteiger partial charge in [-0.3, -0.25) is 9.59 Å². The SMILES string of the molecule is COC(=O)C(C/C=C/C#CC1=CCCCC1)C(=O)OC. The molecule has 0 bridgehead atoms. The third kappa shape index (κ3) is 5.31. The van der Waals surface area contributed by atoms with Crippen LogP contribution < -0.4 is 0 Å². The molecule has 4 heteroatoms. The molecular formula is C16H20O4. The molecule has 0 amide bonds. The summed E-state index contributed by atoms with van der Waals surface area (Å²) in [7, 11) is 2.49. The van der Waals surface area contributed by atoms with Crippen molar-refractivity contribution in [2.45, 2.75) is 32.1 Å². The van der Waals surface area contributed by atoms with Crippen LogP contribution in [0.25, 0.3) is 0 Å². The largest absolute Gasteiger partial charge is 0.468 e. The number of methoxy groups -OCH3 is 2. The summed E-state index contributed by atoms with van der Waals surface area (Å²) >= 11 is 0. The molecule has 4 nitrogen and oxygen atoms in total. The van der Waals surface area contributed by atoms with Gasteiger partial charge in [0.05, 0.1) is 14.2 Å². The van der Waals surface area contributed by atoms with Crippen molar-refractivity contribution >= 4 is 11.9 Å². The average Bonchev–Trinajstić information content (AvgIpc) is 2.50. The maximum Gasteiger partial charge on any atom is 0.320 e. The summed E-state index contributed by atoms with van der Waals surface area (Å²) in [6, 6.07) is 0. The molecular weight excluding hydrogens is 256 g/mol. The highest BCUT2D eigenvalue weighted by Crippen LogP contribution is 2.16. The van der Waals surface area contributed by atoms with Crippen LogP contribution in [0.4, 0.5) is 0 Å². The molecule has 0 spiro atoms. The Hall–Kier alpha value is -2.02. The Morgan fingerprint density at radius 1 is 1.30 bits per heavy atom. The zero-order valence-corrected chi connectivity index (χ0v) is 12.0. The molecule has 1 aliphatic rings. The lowest BCUT2D eigenvalue weighted by molar-refractivity contribution is -0.158. The van der Waals surface area contributed by atoms with Gasteiger partial charge < -0.3 is 9.47 Å². The molecule has 1 rings (SSSR count). The van der Waals surface area contributed by atoms with Crippen molar-refractivity contribution in [3.8, 4) is 11.8 Å². The molecule has 0 aromatic carbocycles. The molecule has 1 aliphatic carbocycles. The van der Waals surface area contributed by atoms with Crippen LogP contribution in [0.3, 0.4) is 0 Å². The quantitative estimate of drug-likeness (QED) is 0.449. The van der Waals surface area contributed by atoms with E-state index in [1.54, 1.807) is 12.2 Å². The van der Waals surface area contributed by atoms with Crippen molar-refractivity contribution in [1.82, 2.24) is 0 Å². The first-order valence-corrected chi connectivity index (χ1v) is 6.70. The van der Waals surface area contributed by atoms with Crippen molar-refractivity contribution in [3.63, 3.8) is 0 Å². The molecule has 0 atom stereocenters. The molecule has 0 aromatic heterocycles. The highest BCUT2D eigenvalue weighted by molar-refractivity contribution is 5.94. The van der Waals surface area contributed by atoms with Gasteiger partial charge >= 0.3 is 11.9 Å². The van der Waals surface area contributed by atoms with E-state index in [-0.39, 0.29) is 6.42 Å². The fraction of sp³-hybridized carbons (Fsp3) is 0.500. The van der Waals surface area contributed by atoms with E-state index in [1.807, 2.05) is 0 Å². The zero-order chi connectivity index (χ0) is 14.8. The van der Waals surface area contributed by atoms with E-state index in [0.29, 0.717) is 0 Å². The van der Waals surface area contributed by atoms with Crippen molar-refractivity contribution in [2.75, 3.05) is 14.2 Å². The van der Waals surface area contributed by atoms with E-state index in [9.17, 15) is 9.59 Å². The normalized spacial score (nSPS) is 14.4. The molecule has 0 radical (unpaired) electrons. The second kappa shape index (κ2) is 8.98. The fourth-order valence-corrected chi connectivity index (χ4v) is 1.92. The van der Waals surface area contributed by atoms with E-state index >= 15 is 0 Å². The summed E-state index contributed by atoms with van der Waals surface area (Å²) in [4.78, 5) is 22.8. The van der Waals surface area contributed by atoms with Crippen LogP contribution in [-0.4, -0.2) is 26.2 Å². The van der Waals surface area contributed by atoms with Gasteiger partial charge in [0.15, 0.2) is 5.92 Å². The van der Waals surface area contributed by atoms with Crippen LogP contribution >= 0.6 is 0 Å². The molecule has 108 valence electrons. The smallest absolute Gasteiger partial charge is 0.320 e. The number of hydrogen-bond acceptors (Lipinski definition) is 4. The van der Waals surface area contributed by atoms with E-state index in [2.05, 4.69) is 27.4 Å². The Morgan fingerprint density at radius 3 is 2.55 bits per heavy atom. The van der Waals surface area contributed by atoms with Gasteiger partial charge in [-0.25, -0.2) is 0 Å². The second-order valence-electron chi connectivity index (χ2n) is 4.48. The van der Waals surface area contributed by atoms with Crippen LogP contribution in [0.1, 0.15) is 32.1 Å². The third-order valence-corrected chi connectivity index (χ3v) is 3.07. The van der Waals surface area contributed by atoms with Gasteiger partial charge in [-0.15, -0.1) is 0 Å². The molecule has 0 saturated carbocycles. The minimum Gasteiger partial charge on any atom is -0.468 e. The van der Waals surface area contributed by atoms with Crippen LogP contribution in [0.15, 0.2) is 23.8 Å². The van der Waals surface area contributed by atoms with Gasteiger partial charge in [0.25, 0.3) is 0 Å². The summed E-state index contributed by atoms with van der Waals surface area (Å²) in [5, 5.41) is 0. The summed E-state index contributed by atoms with van der Waals surface area (Å²) in [6.07, 6.45) is 10.3. The second-order valence-corrected chi connectivity index (χ2v) is 4.48. The molecule has 0 saturated heterocycles. The van der Waals surface area contributed by atoms with Crippen LogP contribution in [-0.2, 0) is 19.1 Å². The standard InChI is InChI=1S/C16H20O4/c1-19-15(17)14(16(18)20-2)12-8-4-7-11-13-9-5-3-6-10-13/h4,8-9,14H,3,5-6,10,12H2,1-2H3/b8-4+. The molecule has 0 aliphatic heterocycles. The molecule has 0 heterocycles. The number of rotatable bonds is 4. The van der Waals surface area contributed by atoms with Crippen molar-refractivity contribution in [3.05, 3.63) is 23.8 Å². The highest BCUT2D eigenvalue weighted by Gasteiger charge is 2.26. The van der Waals surface area contributed by atoms with Gasteiger partial charge in [0.2, 0.25) is 0 Å². The topological polar surface area (TPSA) is 52.6 Å².